The van der Waals surface area contributed by atoms with E-state index in [1.807, 2.05) is 37.3 Å². The highest BCUT2D eigenvalue weighted by Gasteiger charge is 2.08. The quantitative estimate of drug-likeness (QED) is 0.586. The second kappa shape index (κ2) is 8.48. The molecule has 28 heavy (non-hydrogen) atoms. The molecule has 0 bridgehead atoms. The van der Waals surface area contributed by atoms with Gasteiger partial charge in [-0.05, 0) is 72.7 Å². The third-order valence-corrected chi connectivity index (χ3v) is 3.99. The Labute approximate surface area is 162 Å². The first-order valence-corrected chi connectivity index (χ1v) is 8.46. The lowest BCUT2D eigenvalue weighted by atomic mass is 10.1. The molecule has 136 valence electrons. The molecule has 0 saturated carbocycles. The topological polar surface area (TPSA) is 84.5 Å². The highest BCUT2D eigenvalue weighted by atomic mass is 19.1. The van der Waals surface area contributed by atoms with Gasteiger partial charge in [0.2, 0.25) is 0 Å². The van der Waals surface area contributed by atoms with Crippen molar-refractivity contribution in [1.29, 1.82) is 10.5 Å². The number of nitrogens with zero attached hydrogens (tertiary/aromatic N) is 3. The van der Waals surface area contributed by atoms with E-state index in [0.29, 0.717) is 17.1 Å². The Morgan fingerprint density at radius 2 is 1.79 bits per heavy atom. The van der Waals surface area contributed by atoms with Gasteiger partial charge in [0.1, 0.15) is 5.82 Å². The van der Waals surface area contributed by atoms with E-state index in [0.717, 1.165) is 16.8 Å². The molecule has 0 unspecified atom stereocenters. The van der Waals surface area contributed by atoms with Crippen LogP contribution < -0.4 is 10.6 Å². The van der Waals surface area contributed by atoms with E-state index in [4.69, 9.17) is 10.5 Å². The van der Waals surface area contributed by atoms with E-state index >= 15 is 0 Å². The lowest BCUT2D eigenvalue weighted by Gasteiger charge is -2.12. The van der Waals surface area contributed by atoms with Crippen LogP contribution >= 0.6 is 0 Å². The minimum atomic E-state index is -0.483. The van der Waals surface area contributed by atoms with Gasteiger partial charge in [-0.1, -0.05) is 6.07 Å². The molecule has 1 aromatic heterocycles. The van der Waals surface area contributed by atoms with Crippen LogP contribution in [0.3, 0.4) is 0 Å². The van der Waals surface area contributed by atoms with Crippen molar-refractivity contribution in [2.24, 2.45) is 0 Å². The van der Waals surface area contributed by atoms with E-state index in [9.17, 15) is 4.39 Å². The average molecular weight is 369 g/mol. The molecule has 0 radical (unpaired) electrons. The van der Waals surface area contributed by atoms with Crippen LogP contribution in [0.1, 0.15) is 16.7 Å². The fourth-order valence-electron chi connectivity index (χ4n) is 2.57. The third-order valence-electron chi connectivity index (χ3n) is 3.99. The minimum absolute atomic E-state index is 0.0842. The second-order valence-electron chi connectivity index (χ2n) is 6.00. The first-order chi connectivity index (χ1) is 13.6. The van der Waals surface area contributed by atoms with Gasteiger partial charge in [-0.25, -0.2) is 9.37 Å². The van der Waals surface area contributed by atoms with E-state index in [-0.39, 0.29) is 5.82 Å². The number of aryl methyl sites for hydroxylation is 1. The predicted octanol–water partition coefficient (Wildman–Crippen LogP) is 5.42. The normalized spacial score (nSPS) is 10.3. The first kappa shape index (κ1) is 18.6. The van der Waals surface area contributed by atoms with Gasteiger partial charge in [0, 0.05) is 17.5 Å². The summed E-state index contributed by atoms with van der Waals surface area (Å²) in [5.74, 6) is 0.0884. The van der Waals surface area contributed by atoms with Gasteiger partial charge >= 0.3 is 0 Å². The van der Waals surface area contributed by atoms with E-state index < -0.39 is 5.82 Å². The number of allylic oxidation sites excluding steroid dienone is 1. The molecule has 0 aliphatic carbocycles. The molecule has 2 aromatic carbocycles. The Hall–Kier alpha value is -4.16. The zero-order chi connectivity index (χ0) is 19.9. The maximum Gasteiger partial charge on any atom is 0.168 e. The highest BCUT2D eigenvalue weighted by molar-refractivity contribution is 5.66. The lowest BCUT2D eigenvalue weighted by molar-refractivity contribution is 0.627. The zero-order valence-electron chi connectivity index (χ0n) is 15.1. The number of aromatic nitrogens is 1. The molecule has 5 nitrogen and oxygen atoms in total. The van der Waals surface area contributed by atoms with E-state index in [1.165, 1.54) is 12.1 Å². The smallest absolute Gasteiger partial charge is 0.168 e. The van der Waals surface area contributed by atoms with Gasteiger partial charge in [0.05, 0.1) is 17.7 Å². The summed E-state index contributed by atoms with van der Waals surface area (Å²) < 4.78 is 14.2. The van der Waals surface area contributed by atoms with Crippen LogP contribution in [0.25, 0.3) is 6.08 Å². The molecule has 6 heteroatoms. The molecular weight excluding hydrogens is 353 g/mol. The Kier molecular flexibility index (Phi) is 5.64. The summed E-state index contributed by atoms with van der Waals surface area (Å²) in [4.78, 5) is 4.30. The molecule has 0 atom stereocenters. The fourth-order valence-corrected chi connectivity index (χ4v) is 2.57. The average Bonchev–Trinajstić information content (AvgIpc) is 2.71. The third kappa shape index (κ3) is 4.51. The van der Waals surface area contributed by atoms with Crippen LogP contribution in [-0.4, -0.2) is 4.98 Å². The summed E-state index contributed by atoms with van der Waals surface area (Å²) >= 11 is 0. The molecule has 0 spiro atoms. The van der Waals surface area contributed by atoms with Crippen LogP contribution in [0, 0.1) is 35.4 Å². The molecule has 2 N–H and O–H groups in total. The Balaban J connectivity index is 1.80. The second-order valence-corrected chi connectivity index (χ2v) is 6.00. The van der Waals surface area contributed by atoms with Gasteiger partial charge in [0.25, 0.3) is 0 Å². The molecule has 0 aliphatic heterocycles. The molecule has 3 aromatic rings. The number of benzene rings is 2. The van der Waals surface area contributed by atoms with Crippen molar-refractivity contribution in [1.82, 2.24) is 4.98 Å². The summed E-state index contributed by atoms with van der Waals surface area (Å²) in [6.07, 6.45) is 3.15. The van der Waals surface area contributed by atoms with E-state index in [2.05, 4.69) is 15.6 Å². The largest absolute Gasteiger partial charge is 0.340 e. The Morgan fingerprint density at radius 3 is 2.46 bits per heavy atom. The van der Waals surface area contributed by atoms with Crippen LogP contribution in [0.4, 0.5) is 27.4 Å². The number of halogens is 1. The van der Waals surface area contributed by atoms with Crippen LogP contribution in [0.2, 0.25) is 0 Å². The molecular formula is C22H16FN5. The first-order valence-electron chi connectivity index (χ1n) is 8.46. The van der Waals surface area contributed by atoms with Gasteiger partial charge < -0.3 is 10.6 Å². The van der Waals surface area contributed by atoms with Gasteiger partial charge in [-0.15, -0.1) is 0 Å². The number of hydrogen-bond donors (Lipinski definition) is 2. The Bertz CT molecular complexity index is 1110. The summed E-state index contributed by atoms with van der Waals surface area (Å²) in [6, 6.07) is 19.3. The van der Waals surface area contributed by atoms with Crippen molar-refractivity contribution in [2.75, 3.05) is 10.6 Å². The minimum Gasteiger partial charge on any atom is -0.340 e. The SMILES string of the molecule is Cc1cc(/C=C/C#N)ccc1Nc1ccc(F)c(Nc2ccc(C#N)cc2)n1. The number of nitriles is 2. The van der Waals surface area contributed by atoms with Crippen LogP contribution in [0.15, 0.2) is 60.7 Å². The van der Waals surface area contributed by atoms with Crippen LogP contribution in [-0.2, 0) is 0 Å². The van der Waals surface area contributed by atoms with Gasteiger partial charge in [-0.3, -0.25) is 0 Å². The number of rotatable bonds is 5. The summed E-state index contributed by atoms with van der Waals surface area (Å²) in [6.45, 7) is 1.94. The van der Waals surface area contributed by atoms with Crippen molar-refractivity contribution in [3.8, 4) is 12.1 Å². The number of anilines is 4. The summed E-state index contributed by atoms with van der Waals surface area (Å²) in [5, 5.41) is 23.6. The number of hydrogen-bond acceptors (Lipinski definition) is 5. The molecule has 0 aliphatic rings. The standard InChI is InChI=1S/C22H16FN5/c1-15-13-16(3-2-12-24)6-10-20(15)27-21-11-9-19(23)22(28-21)26-18-7-4-17(14-25)5-8-18/h2-11,13H,1H3,(H2,26,27,28)/b3-2+. The van der Waals surface area contributed by atoms with Crippen molar-refractivity contribution in [3.63, 3.8) is 0 Å². The highest BCUT2D eigenvalue weighted by Crippen LogP contribution is 2.24. The number of pyridine rings is 1. The molecule has 3 rings (SSSR count). The summed E-state index contributed by atoms with van der Waals surface area (Å²) in [5.41, 5.74) is 3.87. The number of nitrogens with one attached hydrogen (secondary N) is 2. The maximum atomic E-state index is 14.2. The molecule has 0 amide bonds. The fraction of sp³-hybridized carbons (Fsp3) is 0.0455. The Morgan fingerprint density at radius 1 is 1.00 bits per heavy atom. The molecule has 0 saturated heterocycles. The van der Waals surface area contributed by atoms with Crippen molar-refractivity contribution < 1.29 is 4.39 Å². The van der Waals surface area contributed by atoms with Crippen molar-refractivity contribution >= 4 is 29.1 Å². The monoisotopic (exact) mass is 369 g/mol. The van der Waals surface area contributed by atoms with E-state index in [1.54, 1.807) is 36.4 Å². The van der Waals surface area contributed by atoms with Gasteiger partial charge in [0.15, 0.2) is 11.6 Å². The summed E-state index contributed by atoms with van der Waals surface area (Å²) in [7, 11) is 0. The maximum absolute atomic E-state index is 14.2. The molecule has 1 heterocycles. The van der Waals surface area contributed by atoms with Gasteiger partial charge in [-0.2, -0.15) is 10.5 Å². The zero-order valence-corrected chi connectivity index (χ0v) is 15.1. The van der Waals surface area contributed by atoms with Crippen molar-refractivity contribution in [3.05, 3.63) is 83.2 Å². The van der Waals surface area contributed by atoms with Crippen LogP contribution in [0.5, 0.6) is 0 Å². The lowest BCUT2D eigenvalue weighted by Crippen LogP contribution is -2.01. The predicted molar refractivity (Wildman–Crippen MR) is 108 cm³/mol. The van der Waals surface area contributed by atoms with Crippen molar-refractivity contribution in [2.45, 2.75) is 6.92 Å². The molecule has 0 fully saturated rings.